The summed E-state index contributed by atoms with van der Waals surface area (Å²) in [5.74, 6) is -0.517. The number of likely N-dealkylation sites (tertiary alicyclic amines) is 1. The highest BCUT2D eigenvalue weighted by Crippen LogP contribution is 2.21. The molecule has 0 atom stereocenters. The zero-order chi connectivity index (χ0) is 13.7. The number of rotatable bonds is 4. The quantitative estimate of drug-likeness (QED) is 0.858. The third kappa shape index (κ3) is 3.99. The molecule has 0 radical (unpaired) electrons. The van der Waals surface area contributed by atoms with E-state index in [0.717, 1.165) is 4.90 Å². The van der Waals surface area contributed by atoms with Gasteiger partial charge in [0.25, 0.3) is 0 Å². The lowest BCUT2D eigenvalue weighted by atomic mass is 9.97. The second-order valence-electron chi connectivity index (χ2n) is 4.60. The average molecular weight is 279 g/mol. The van der Waals surface area contributed by atoms with Crippen LogP contribution in [0.15, 0.2) is 35.2 Å². The van der Waals surface area contributed by atoms with Gasteiger partial charge < -0.3 is 10.0 Å². The molecule has 102 valence electrons. The molecule has 1 fully saturated rings. The van der Waals surface area contributed by atoms with Gasteiger partial charge in [-0.3, -0.25) is 9.59 Å². The van der Waals surface area contributed by atoms with Crippen LogP contribution in [0.1, 0.15) is 12.8 Å². The molecule has 0 bridgehead atoms. The van der Waals surface area contributed by atoms with Gasteiger partial charge in [0.05, 0.1) is 11.7 Å². The minimum atomic E-state index is -0.745. The van der Waals surface area contributed by atoms with E-state index in [2.05, 4.69) is 0 Å². The van der Waals surface area contributed by atoms with Crippen LogP contribution >= 0.6 is 11.8 Å². The normalized spacial score (nSPS) is 16.3. The van der Waals surface area contributed by atoms with E-state index in [0.29, 0.717) is 31.7 Å². The number of hydrogen-bond donors (Lipinski definition) is 1. The van der Waals surface area contributed by atoms with Crippen LogP contribution in [-0.2, 0) is 9.59 Å². The third-order valence-electron chi connectivity index (χ3n) is 3.30. The van der Waals surface area contributed by atoms with Crippen LogP contribution in [0, 0.1) is 5.92 Å². The molecule has 1 saturated heterocycles. The summed E-state index contributed by atoms with van der Waals surface area (Å²) in [6.45, 7) is 1.12. The fraction of sp³-hybridized carbons (Fsp3) is 0.429. The van der Waals surface area contributed by atoms with Crippen molar-refractivity contribution in [1.82, 2.24) is 4.90 Å². The molecule has 0 spiro atoms. The van der Waals surface area contributed by atoms with E-state index in [1.165, 1.54) is 11.8 Å². The highest BCUT2D eigenvalue weighted by Gasteiger charge is 2.26. The second-order valence-corrected chi connectivity index (χ2v) is 5.64. The molecule has 1 amide bonds. The Labute approximate surface area is 116 Å². The van der Waals surface area contributed by atoms with Crippen LogP contribution in [0.3, 0.4) is 0 Å². The first-order chi connectivity index (χ1) is 9.16. The van der Waals surface area contributed by atoms with Gasteiger partial charge in [-0.1, -0.05) is 18.2 Å². The zero-order valence-electron chi connectivity index (χ0n) is 10.6. The number of carbonyl (C=O) groups is 2. The second kappa shape index (κ2) is 6.61. The van der Waals surface area contributed by atoms with E-state index < -0.39 is 5.97 Å². The fourth-order valence-corrected chi connectivity index (χ4v) is 2.95. The number of amides is 1. The molecule has 0 unspecified atom stereocenters. The topological polar surface area (TPSA) is 57.6 Å². The smallest absolute Gasteiger partial charge is 0.306 e. The summed E-state index contributed by atoms with van der Waals surface area (Å²) in [6.07, 6.45) is 1.13. The molecule has 0 aromatic heterocycles. The maximum absolute atomic E-state index is 12.0. The van der Waals surface area contributed by atoms with Crippen molar-refractivity contribution >= 4 is 23.6 Å². The van der Waals surface area contributed by atoms with Gasteiger partial charge in [0.1, 0.15) is 0 Å². The molecule has 0 saturated carbocycles. The molecule has 0 aliphatic carbocycles. The summed E-state index contributed by atoms with van der Waals surface area (Å²) in [4.78, 5) is 25.7. The van der Waals surface area contributed by atoms with E-state index in [-0.39, 0.29) is 11.8 Å². The Bertz CT molecular complexity index is 441. The summed E-state index contributed by atoms with van der Waals surface area (Å²) < 4.78 is 0. The number of piperidine rings is 1. The molecule has 1 N–H and O–H groups in total. The summed E-state index contributed by atoms with van der Waals surface area (Å²) in [5.41, 5.74) is 0. The van der Waals surface area contributed by atoms with Gasteiger partial charge in [0.2, 0.25) is 5.91 Å². The van der Waals surface area contributed by atoms with Gasteiger partial charge in [-0.05, 0) is 25.0 Å². The predicted octanol–water partition coefficient (Wildman–Crippen LogP) is 2.10. The molecule has 1 aromatic rings. The van der Waals surface area contributed by atoms with Crippen LogP contribution in [0.5, 0.6) is 0 Å². The lowest BCUT2D eigenvalue weighted by molar-refractivity contribution is -0.145. The zero-order valence-corrected chi connectivity index (χ0v) is 11.4. The van der Waals surface area contributed by atoms with Crippen molar-refractivity contribution in [3.63, 3.8) is 0 Å². The number of nitrogens with zero attached hydrogens (tertiary/aromatic N) is 1. The van der Waals surface area contributed by atoms with Gasteiger partial charge in [-0.25, -0.2) is 0 Å². The molecule has 1 aliphatic rings. The molecule has 1 heterocycles. The maximum atomic E-state index is 12.0. The number of thioether (sulfide) groups is 1. The van der Waals surface area contributed by atoms with E-state index in [4.69, 9.17) is 5.11 Å². The van der Waals surface area contributed by atoms with Crippen molar-refractivity contribution in [3.8, 4) is 0 Å². The van der Waals surface area contributed by atoms with Gasteiger partial charge in [0.15, 0.2) is 0 Å². The first kappa shape index (κ1) is 13.9. The minimum absolute atomic E-state index is 0.0951. The summed E-state index contributed by atoms with van der Waals surface area (Å²) >= 11 is 1.52. The molecule has 1 aromatic carbocycles. The standard InChI is InChI=1S/C14H17NO3S/c16-13(10-19-12-4-2-1-3-5-12)15-8-6-11(7-9-15)14(17)18/h1-5,11H,6-10H2,(H,17,18). The minimum Gasteiger partial charge on any atom is -0.481 e. The number of carboxylic acids is 1. The summed E-state index contributed by atoms with van der Waals surface area (Å²) in [7, 11) is 0. The highest BCUT2D eigenvalue weighted by atomic mass is 32.2. The highest BCUT2D eigenvalue weighted by molar-refractivity contribution is 8.00. The fourth-order valence-electron chi connectivity index (χ4n) is 2.13. The monoisotopic (exact) mass is 279 g/mol. The lowest BCUT2D eigenvalue weighted by Crippen LogP contribution is -2.41. The van der Waals surface area contributed by atoms with Crippen LogP contribution < -0.4 is 0 Å². The number of benzene rings is 1. The SMILES string of the molecule is O=C(O)C1CCN(C(=O)CSc2ccccc2)CC1. The Morgan fingerprint density at radius 1 is 1.21 bits per heavy atom. The van der Waals surface area contributed by atoms with Crippen molar-refractivity contribution in [2.45, 2.75) is 17.7 Å². The Morgan fingerprint density at radius 3 is 2.42 bits per heavy atom. The summed E-state index contributed by atoms with van der Waals surface area (Å²) in [6, 6.07) is 9.81. The van der Waals surface area contributed by atoms with E-state index in [1.54, 1.807) is 4.90 Å². The van der Waals surface area contributed by atoms with E-state index >= 15 is 0 Å². The Morgan fingerprint density at radius 2 is 1.84 bits per heavy atom. The maximum Gasteiger partial charge on any atom is 0.306 e. The average Bonchev–Trinajstić information content (AvgIpc) is 2.46. The Kier molecular flexibility index (Phi) is 4.85. The van der Waals surface area contributed by atoms with Crippen molar-refractivity contribution in [3.05, 3.63) is 30.3 Å². The van der Waals surface area contributed by atoms with Gasteiger partial charge >= 0.3 is 5.97 Å². The van der Waals surface area contributed by atoms with Crippen LogP contribution in [0.4, 0.5) is 0 Å². The Balaban J connectivity index is 1.77. The molecule has 1 aliphatic heterocycles. The van der Waals surface area contributed by atoms with Gasteiger partial charge in [-0.2, -0.15) is 0 Å². The molecule has 2 rings (SSSR count). The molecule has 19 heavy (non-hydrogen) atoms. The van der Waals surface area contributed by atoms with E-state index in [1.807, 2.05) is 30.3 Å². The molecule has 4 nitrogen and oxygen atoms in total. The summed E-state index contributed by atoms with van der Waals surface area (Å²) in [5, 5.41) is 8.91. The van der Waals surface area contributed by atoms with Crippen LogP contribution in [-0.4, -0.2) is 40.7 Å². The molecular weight excluding hydrogens is 262 g/mol. The molecular formula is C14H17NO3S. The first-order valence-electron chi connectivity index (χ1n) is 6.35. The Hall–Kier alpha value is -1.49. The van der Waals surface area contributed by atoms with E-state index in [9.17, 15) is 9.59 Å². The number of carboxylic acid groups (broad SMARTS) is 1. The van der Waals surface area contributed by atoms with Gasteiger partial charge in [0, 0.05) is 18.0 Å². The van der Waals surface area contributed by atoms with Gasteiger partial charge in [-0.15, -0.1) is 11.8 Å². The van der Waals surface area contributed by atoms with Crippen molar-refractivity contribution < 1.29 is 14.7 Å². The largest absolute Gasteiger partial charge is 0.481 e. The number of aliphatic carboxylic acids is 1. The van der Waals surface area contributed by atoms with Crippen molar-refractivity contribution in [2.24, 2.45) is 5.92 Å². The predicted molar refractivity (Wildman–Crippen MR) is 74.1 cm³/mol. The third-order valence-corrected chi connectivity index (χ3v) is 4.30. The number of carbonyl (C=O) groups excluding carboxylic acids is 1. The van der Waals surface area contributed by atoms with Crippen molar-refractivity contribution in [1.29, 1.82) is 0 Å². The molecule has 5 heteroatoms. The van der Waals surface area contributed by atoms with Crippen LogP contribution in [0.25, 0.3) is 0 Å². The van der Waals surface area contributed by atoms with Crippen LogP contribution in [0.2, 0.25) is 0 Å². The first-order valence-corrected chi connectivity index (χ1v) is 7.34. The van der Waals surface area contributed by atoms with Crippen molar-refractivity contribution in [2.75, 3.05) is 18.8 Å². The lowest BCUT2D eigenvalue weighted by Gasteiger charge is -2.30. The number of hydrogen-bond acceptors (Lipinski definition) is 3.